The number of hydrogen-bond acceptors (Lipinski definition) is 3. The van der Waals surface area contributed by atoms with Gasteiger partial charge >= 0.3 is 6.36 Å². The molecular formula is C16H23ClF4N2O. The number of rotatable bonds is 5. The van der Waals surface area contributed by atoms with Crippen LogP contribution in [0.3, 0.4) is 0 Å². The lowest BCUT2D eigenvalue weighted by Crippen LogP contribution is -2.45. The van der Waals surface area contributed by atoms with Crippen molar-refractivity contribution in [2.24, 2.45) is 5.92 Å². The Morgan fingerprint density at radius 1 is 1.21 bits per heavy atom. The van der Waals surface area contributed by atoms with Gasteiger partial charge in [0.1, 0.15) is 0 Å². The van der Waals surface area contributed by atoms with Crippen LogP contribution in [0.5, 0.6) is 5.75 Å². The van der Waals surface area contributed by atoms with Crippen LogP contribution in [0.1, 0.15) is 31.9 Å². The first-order chi connectivity index (χ1) is 10.8. The Labute approximate surface area is 145 Å². The van der Waals surface area contributed by atoms with E-state index in [4.69, 9.17) is 0 Å². The lowest BCUT2D eigenvalue weighted by molar-refractivity contribution is -0.275. The average molecular weight is 371 g/mol. The fourth-order valence-corrected chi connectivity index (χ4v) is 2.87. The Balaban J connectivity index is 0.00000288. The first kappa shape index (κ1) is 21.0. The molecule has 0 unspecified atom stereocenters. The SMILES string of the molecule is CC(C)C[C@H](c1ccc(OC(F)(F)F)c(F)c1)N1CCNCC1.Cl. The van der Waals surface area contributed by atoms with E-state index in [9.17, 15) is 17.6 Å². The van der Waals surface area contributed by atoms with E-state index in [0.29, 0.717) is 11.5 Å². The molecule has 1 N–H and O–H groups in total. The number of alkyl halides is 3. The maximum atomic E-state index is 14.0. The summed E-state index contributed by atoms with van der Waals surface area (Å²) in [5, 5.41) is 3.26. The van der Waals surface area contributed by atoms with E-state index in [0.717, 1.165) is 44.7 Å². The number of ether oxygens (including phenoxy) is 1. The number of nitrogens with zero attached hydrogens (tertiary/aromatic N) is 1. The van der Waals surface area contributed by atoms with Crippen LogP contribution in [0.4, 0.5) is 17.6 Å². The number of hydrogen-bond donors (Lipinski definition) is 1. The summed E-state index contributed by atoms with van der Waals surface area (Å²) in [6.45, 7) is 7.53. The van der Waals surface area contributed by atoms with Gasteiger partial charge in [-0.15, -0.1) is 25.6 Å². The summed E-state index contributed by atoms with van der Waals surface area (Å²) >= 11 is 0. The highest BCUT2D eigenvalue weighted by atomic mass is 35.5. The minimum absolute atomic E-state index is 0. The fraction of sp³-hybridized carbons (Fsp3) is 0.625. The first-order valence-corrected chi connectivity index (χ1v) is 7.76. The summed E-state index contributed by atoms with van der Waals surface area (Å²) < 4.78 is 54.4. The quantitative estimate of drug-likeness (QED) is 0.788. The monoisotopic (exact) mass is 370 g/mol. The molecule has 3 nitrogen and oxygen atoms in total. The molecule has 0 aromatic heterocycles. The molecule has 138 valence electrons. The Kier molecular flexibility index (Phi) is 7.76. The zero-order chi connectivity index (χ0) is 17.0. The zero-order valence-electron chi connectivity index (χ0n) is 13.7. The van der Waals surface area contributed by atoms with E-state index in [1.807, 2.05) is 0 Å². The highest BCUT2D eigenvalue weighted by Gasteiger charge is 2.33. The van der Waals surface area contributed by atoms with E-state index in [1.165, 1.54) is 6.07 Å². The number of benzene rings is 1. The van der Waals surface area contributed by atoms with Crippen molar-refractivity contribution in [3.05, 3.63) is 29.6 Å². The molecule has 0 spiro atoms. The largest absolute Gasteiger partial charge is 0.573 e. The van der Waals surface area contributed by atoms with Crippen LogP contribution in [-0.2, 0) is 0 Å². The summed E-state index contributed by atoms with van der Waals surface area (Å²) in [6, 6.07) is 3.75. The van der Waals surface area contributed by atoms with Gasteiger partial charge < -0.3 is 10.1 Å². The van der Waals surface area contributed by atoms with E-state index < -0.39 is 17.9 Å². The molecule has 0 saturated carbocycles. The molecule has 1 saturated heterocycles. The lowest BCUT2D eigenvalue weighted by Gasteiger charge is -2.36. The number of halogens is 5. The summed E-state index contributed by atoms with van der Waals surface area (Å²) in [5.74, 6) is -1.38. The normalized spacial score (nSPS) is 17.5. The Bertz CT molecular complexity index is 519. The first-order valence-electron chi connectivity index (χ1n) is 7.76. The Morgan fingerprint density at radius 2 is 1.83 bits per heavy atom. The van der Waals surface area contributed by atoms with Crippen molar-refractivity contribution in [1.82, 2.24) is 10.2 Å². The average Bonchev–Trinajstić information content (AvgIpc) is 2.46. The van der Waals surface area contributed by atoms with Crippen molar-refractivity contribution in [3.63, 3.8) is 0 Å². The molecule has 1 atom stereocenters. The third-order valence-corrected chi connectivity index (χ3v) is 3.85. The third kappa shape index (κ3) is 6.11. The predicted octanol–water partition coefficient (Wildman–Crippen LogP) is 4.14. The molecule has 0 bridgehead atoms. The van der Waals surface area contributed by atoms with Gasteiger partial charge in [0.2, 0.25) is 0 Å². The second-order valence-corrected chi connectivity index (χ2v) is 6.17. The Morgan fingerprint density at radius 3 is 2.33 bits per heavy atom. The van der Waals surface area contributed by atoms with Gasteiger partial charge in [0, 0.05) is 32.2 Å². The Hall–Kier alpha value is -1.05. The number of nitrogens with one attached hydrogen (secondary N) is 1. The van der Waals surface area contributed by atoms with Crippen molar-refractivity contribution < 1.29 is 22.3 Å². The molecule has 2 rings (SSSR count). The van der Waals surface area contributed by atoms with E-state index in [1.54, 1.807) is 0 Å². The molecule has 1 aliphatic rings. The minimum atomic E-state index is -4.89. The van der Waals surface area contributed by atoms with Gasteiger partial charge in [0.05, 0.1) is 0 Å². The van der Waals surface area contributed by atoms with Crippen molar-refractivity contribution in [2.45, 2.75) is 32.7 Å². The van der Waals surface area contributed by atoms with Gasteiger partial charge in [-0.05, 0) is 30.0 Å². The zero-order valence-corrected chi connectivity index (χ0v) is 14.5. The maximum absolute atomic E-state index is 14.0. The smallest absolute Gasteiger partial charge is 0.403 e. The summed E-state index contributed by atoms with van der Waals surface area (Å²) in [5.41, 5.74) is 0.688. The molecule has 0 amide bonds. The van der Waals surface area contributed by atoms with Gasteiger partial charge in [0.15, 0.2) is 11.6 Å². The van der Waals surface area contributed by atoms with Crippen molar-refractivity contribution in [1.29, 1.82) is 0 Å². The molecule has 1 aromatic rings. The van der Waals surface area contributed by atoms with Gasteiger partial charge in [-0.3, -0.25) is 4.90 Å². The van der Waals surface area contributed by atoms with E-state index in [-0.39, 0.29) is 18.4 Å². The molecule has 0 aliphatic carbocycles. The highest BCUT2D eigenvalue weighted by molar-refractivity contribution is 5.85. The van der Waals surface area contributed by atoms with E-state index >= 15 is 0 Å². The standard InChI is InChI=1S/C16H22F4N2O.ClH/c1-11(2)9-14(22-7-5-21-6-8-22)12-3-4-15(13(17)10-12)23-16(18,19)20;/h3-4,10-11,14,21H,5-9H2,1-2H3;1H/t14-;/m1./s1. The van der Waals surface area contributed by atoms with Gasteiger partial charge in [0.25, 0.3) is 0 Å². The number of piperazine rings is 1. The van der Waals surface area contributed by atoms with Crippen molar-refractivity contribution >= 4 is 12.4 Å². The molecule has 0 radical (unpaired) electrons. The lowest BCUT2D eigenvalue weighted by atomic mass is 9.95. The topological polar surface area (TPSA) is 24.5 Å². The van der Waals surface area contributed by atoms with Crippen LogP contribution in [0.25, 0.3) is 0 Å². The molecule has 8 heteroatoms. The molecule has 1 aromatic carbocycles. The third-order valence-electron chi connectivity index (χ3n) is 3.85. The van der Waals surface area contributed by atoms with Crippen LogP contribution in [0, 0.1) is 11.7 Å². The summed E-state index contributed by atoms with van der Waals surface area (Å²) in [7, 11) is 0. The molecular weight excluding hydrogens is 348 g/mol. The van der Waals surface area contributed by atoms with Gasteiger partial charge in [-0.2, -0.15) is 0 Å². The van der Waals surface area contributed by atoms with Crippen molar-refractivity contribution in [2.75, 3.05) is 26.2 Å². The van der Waals surface area contributed by atoms with Gasteiger partial charge in [-0.1, -0.05) is 19.9 Å². The van der Waals surface area contributed by atoms with Crippen molar-refractivity contribution in [3.8, 4) is 5.75 Å². The second-order valence-electron chi connectivity index (χ2n) is 6.17. The van der Waals surface area contributed by atoms with Crippen LogP contribution in [0.15, 0.2) is 18.2 Å². The summed E-state index contributed by atoms with van der Waals surface area (Å²) in [4.78, 5) is 2.25. The highest BCUT2D eigenvalue weighted by Crippen LogP contribution is 2.32. The summed E-state index contributed by atoms with van der Waals surface area (Å²) in [6.07, 6.45) is -4.07. The molecule has 1 aliphatic heterocycles. The minimum Gasteiger partial charge on any atom is -0.403 e. The molecule has 24 heavy (non-hydrogen) atoms. The van der Waals surface area contributed by atoms with Gasteiger partial charge in [-0.25, -0.2) is 4.39 Å². The predicted molar refractivity (Wildman–Crippen MR) is 87.0 cm³/mol. The van der Waals surface area contributed by atoms with Crippen LogP contribution in [-0.4, -0.2) is 37.4 Å². The van der Waals surface area contributed by atoms with E-state index in [2.05, 4.69) is 28.8 Å². The second kappa shape index (κ2) is 8.87. The van der Waals surface area contributed by atoms with Crippen LogP contribution >= 0.6 is 12.4 Å². The maximum Gasteiger partial charge on any atom is 0.573 e. The molecule has 1 fully saturated rings. The molecule has 1 heterocycles. The fourth-order valence-electron chi connectivity index (χ4n) is 2.87. The van der Waals surface area contributed by atoms with Crippen LogP contribution < -0.4 is 10.1 Å². The van der Waals surface area contributed by atoms with Crippen LogP contribution in [0.2, 0.25) is 0 Å².